The number of hydrogen-bond donors (Lipinski definition) is 1. The van der Waals surface area contributed by atoms with E-state index in [1.54, 1.807) is 0 Å². The van der Waals surface area contributed by atoms with Crippen LogP contribution >= 0.6 is 0 Å². The summed E-state index contributed by atoms with van der Waals surface area (Å²) < 4.78 is 31.5. The highest BCUT2D eigenvalue weighted by Crippen LogP contribution is 2.46. The van der Waals surface area contributed by atoms with E-state index >= 15 is 0 Å². The van der Waals surface area contributed by atoms with Crippen molar-refractivity contribution in [2.45, 2.75) is 62.4 Å². The molecule has 2 saturated heterocycles. The number of hydrogen-bond acceptors (Lipinski definition) is 5. The van der Waals surface area contributed by atoms with Crippen LogP contribution in [0.1, 0.15) is 34.6 Å². The second kappa shape index (κ2) is 8.54. The largest absolute Gasteiger partial charge is 0.616 e. The average molecular weight is 475 g/mol. The van der Waals surface area contributed by atoms with Gasteiger partial charge in [-0.3, -0.25) is 0 Å². The maximum Gasteiger partial charge on any atom is 0.261 e. The summed E-state index contributed by atoms with van der Waals surface area (Å²) in [4.78, 5) is 0. The Bertz CT molecular complexity index is 877. The van der Waals surface area contributed by atoms with Gasteiger partial charge in [-0.1, -0.05) is 81.4 Å². The van der Waals surface area contributed by atoms with Crippen LogP contribution < -0.4 is 10.4 Å². The van der Waals surface area contributed by atoms with Gasteiger partial charge in [0.1, 0.15) is 18.0 Å². The fraction of sp³-hybridized carbons (Fsp3) is 0.520. The van der Waals surface area contributed by atoms with Crippen LogP contribution in [0.2, 0.25) is 5.04 Å². The van der Waals surface area contributed by atoms with Crippen molar-refractivity contribution in [1.29, 1.82) is 0 Å². The van der Waals surface area contributed by atoms with Crippen molar-refractivity contribution in [2.24, 2.45) is 0 Å². The lowest BCUT2D eigenvalue weighted by Gasteiger charge is -2.45. The lowest BCUT2D eigenvalue weighted by Crippen LogP contribution is -2.68. The Morgan fingerprint density at radius 2 is 1.56 bits per heavy atom. The summed E-state index contributed by atoms with van der Waals surface area (Å²) >= 11 is -1.34. The van der Waals surface area contributed by atoms with Crippen molar-refractivity contribution in [2.75, 3.05) is 19.0 Å². The molecule has 174 valence electrons. The van der Waals surface area contributed by atoms with Crippen molar-refractivity contribution in [3.63, 3.8) is 0 Å². The number of aliphatic hydroxyl groups excluding tert-OH is 1. The monoisotopic (exact) mass is 474 g/mol. The van der Waals surface area contributed by atoms with Gasteiger partial charge in [0.2, 0.25) is 0 Å². The van der Waals surface area contributed by atoms with Crippen molar-refractivity contribution < 1.29 is 23.6 Å². The molecule has 2 fully saturated rings. The van der Waals surface area contributed by atoms with Gasteiger partial charge >= 0.3 is 0 Å². The predicted octanol–water partition coefficient (Wildman–Crippen LogP) is 2.58. The normalized spacial score (nSPS) is 29.8. The van der Waals surface area contributed by atoms with E-state index in [1.807, 2.05) is 50.2 Å². The van der Waals surface area contributed by atoms with Crippen LogP contribution in [0.25, 0.3) is 0 Å². The molecule has 2 aromatic rings. The second-order valence-electron chi connectivity index (χ2n) is 10.3. The molecule has 0 radical (unpaired) electrons. The summed E-state index contributed by atoms with van der Waals surface area (Å²) in [5.74, 6) is -0.420. The smallest absolute Gasteiger partial charge is 0.261 e. The van der Waals surface area contributed by atoms with Gasteiger partial charge in [-0.05, 0) is 40.4 Å². The minimum absolute atomic E-state index is 0.143. The van der Waals surface area contributed by atoms with E-state index in [1.165, 1.54) is 0 Å². The van der Waals surface area contributed by atoms with Crippen LogP contribution in [0.15, 0.2) is 60.7 Å². The topological polar surface area (TPSA) is 71.0 Å². The first kappa shape index (κ1) is 23.9. The van der Waals surface area contributed by atoms with Crippen LogP contribution in [0.4, 0.5) is 0 Å². The fourth-order valence-corrected chi connectivity index (χ4v) is 11.6. The zero-order chi connectivity index (χ0) is 23.2. The van der Waals surface area contributed by atoms with E-state index in [-0.39, 0.29) is 24.4 Å². The molecule has 1 N–H and O–H groups in total. The minimum atomic E-state index is -2.83. The summed E-state index contributed by atoms with van der Waals surface area (Å²) in [5, 5.41) is 12.6. The molecule has 32 heavy (non-hydrogen) atoms. The van der Waals surface area contributed by atoms with E-state index in [0.29, 0.717) is 5.75 Å². The van der Waals surface area contributed by atoms with Gasteiger partial charge in [-0.2, -0.15) is 0 Å². The fourth-order valence-electron chi connectivity index (χ4n) is 5.20. The molecule has 5 nitrogen and oxygen atoms in total. The minimum Gasteiger partial charge on any atom is -0.616 e. The SMILES string of the molecule is CC1(C)O[C@H]2C[S@@+]([O-])[C@](CO)(CO[Si](c3ccccc3)(c3ccccc3)C(C)(C)C)[C@H]2O1. The lowest BCUT2D eigenvalue weighted by atomic mass is 10.00. The van der Waals surface area contributed by atoms with Crippen LogP contribution in [0, 0.1) is 0 Å². The third kappa shape index (κ3) is 3.88. The number of ether oxygens (including phenoxy) is 2. The van der Waals surface area contributed by atoms with E-state index in [2.05, 4.69) is 45.0 Å². The number of benzene rings is 2. The molecule has 4 rings (SSSR count). The van der Waals surface area contributed by atoms with E-state index in [4.69, 9.17) is 13.9 Å². The Hall–Kier alpha value is -1.19. The van der Waals surface area contributed by atoms with Gasteiger partial charge in [0.15, 0.2) is 10.5 Å². The Kier molecular flexibility index (Phi) is 6.39. The maximum atomic E-state index is 13.3. The molecule has 0 aliphatic carbocycles. The first-order valence-corrected chi connectivity index (χ1v) is 14.4. The van der Waals surface area contributed by atoms with Crippen molar-refractivity contribution >= 4 is 29.9 Å². The van der Waals surface area contributed by atoms with Gasteiger partial charge in [-0.25, -0.2) is 0 Å². The average Bonchev–Trinajstić information content (AvgIpc) is 3.18. The highest BCUT2D eigenvalue weighted by atomic mass is 32.2. The first-order chi connectivity index (χ1) is 15.1. The molecule has 2 aliphatic heterocycles. The van der Waals surface area contributed by atoms with Gasteiger partial charge < -0.3 is 23.6 Å². The van der Waals surface area contributed by atoms with E-state index in [9.17, 15) is 9.66 Å². The van der Waals surface area contributed by atoms with Crippen LogP contribution in [-0.4, -0.2) is 59.7 Å². The third-order valence-electron chi connectivity index (χ3n) is 6.69. The van der Waals surface area contributed by atoms with E-state index < -0.39 is 36.1 Å². The molecule has 2 heterocycles. The number of aliphatic hydroxyl groups is 1. The maximum absolute atomic E-state index is 13.3. The number of fused-ring (bicyclic) bond motifs is 1. The Morgan fingerprint density at radius 1 is 1.03 bits per heavy atom. The molecule has 0 saturated carbocycles. The summed E-state index contributed by atoms with van der Waals surface area (Å²) in [7, 11) is -2.83. The standard InChI is InChI=1S/C25H34O5SSi/c1-23(2,3)32(19-12-8-6-9-13-19,20-14-10-7-11-15-20)28-18-25(17-26)22-21(16-31(25)27)29-24(4,5)30-22/h6-15,21-22,26H,16-18H2,1-5H3/t21-,22-,25+,31+/m0/s1. The molecule has 7 heteroatoms. The summed E-state index contributed by atoms with van der Waals surface area (Å²) in [6, 6.07) is 20.7. The Morgan fingerprint density at radius 3 is 2.03 bits per heavy atom. The van der Waals surface area contributed by atoms with Gasteiger partial charge in [-0.15, -0.1) is 0 Å². The molecule has 0 bridgehead atoms. The van der Waals surface area contributed by atoms with Crippen LogP contribution in [-0.2, 0) is 25.1 Å². The molecule has 0 unspecified atom stereocenters. The van der Waals surface area contributed by atoms with Crippen LogP contribution in [0.5, 0.6) is 0 Å². The zero-order valence-corrected chi connectivity index (χ0v) is 21.4. The molecule has 2 aromatic carbocycles. The first-order valence-electron chi connectivity index (χ1n) is 11.2. The van der Waals surface area contributed by atoms with E-state index in [0.717, 1.165) is 10.4 Å². The third-order valence-corrected chi connectivity index (χ3v) is 13.7. The quantitative estimate of drug-likeness (QED) is 0.515. The van der Waals surface area contributed by atoms with Crippen molar-refractivity contribution in [1.82, 2.24) is 0 Å². The molecular weight excluding hydrogens is 440 g/mol. The van der Waals surface area contributed by atoms with Crippen molar-refractivity contribution in [3.8, 4) is 0 Å². The molecule has 4 atom stereocenters. The van der Waals surface area contributed by atoms with Gasteiger partial charge in [0.25, 0.3) is 8.32 Å². The number of rotatable bonds is 6. The molecule has 0 spiro atoms. The zero-order valence-electron chi connectivity index (χ0n) is 19.5. The highest BCUT2D eigenvalue weighted by molar-refractivity contribution is 7.93. The van der Waals surface area contributed by atoms with Crippen LogP contribution in [0.3, 0.4) is 0 Å². The molecule has 0 aromatic heterocycles. The van der Waals surface area contributed by atoms with Gasteiger partial charge in [0, 0.05) is 0 Å². The highest BCUT2D eigenvalue weighted by Gasteiger charge is 2.67. The molecule has 0 amide bonds. The Labute approximate surface area is 195 Å². The molecule has 2 aliphatic rings. The predicted molar refractivity (Wildman–Crippen MR) is 130 cm³/mol. The summed E-state index contributed by atoms with van der Waals surface area (Å²) in [6.07, 6.45) is -0.776. The molecular formula is C25H34O5SSi. The van der Waals surface area contributed by atoms with Crippen molar-refractivity contribution in [3.05, 3.63) is 60.7 Å². The Balaban J connectivity index is 1.78. The lowest BCUT2D eigenvalue weighted by molar-refractivity contribution is -0.151. The second-order valence-corrected chi connectivity index (χ2v) is 16.4. The van der Waals surface area contributed by atoms with Gasteiger partial charge in [0.05, 0.1) is 13.2 Å². The summed E-state index contributed by atoms with van der Waals surface area (Å²) in [5.41, 5.74) is 0. The summed E-state index contributed by atoms with van der Waals surface area (Å²) in [6.45, 7) is 10.2.